The minimum atomic E-state index is -1.11. The van der Waals surface area contributed by atoms with Crippen LogP contribution in [0.25, 0.3) is 0 Å². The molecule has 1 rings (SSSR count). The molecule has 1 fully saturated rings. The van der Waals surface area contributed by atoms with E-state index >= 15 is 0 Å². The van der Waals surface area contributed by atoms with Crippen molar-refractivity contribution in [3.05, 3.63) is 0 Å². The predicted octanol–water partition coefficient (Wildman–Crippen LogP) is -1.40. The first-order chi connectivity index (χ1) is 11.1. The van der Waals surface area contributed by atoms with Crippen molar-refractivity contribution in [2.24, 2.45) is 5.73 Å². The summed E-state index contributed by atoms with van der Waals surface area (Å²) < 4.78 is 20.7. The van der Waals surface area contributed by atoms with Crippen LogP contribution in [0.1, 0.15) is 27.7 Å². The third-order valence-electron chi connectivity index (χ3n) is 3.15. The van der Waals surface area contributed by atoms with E-state index in [4.69, 9.17) is 24.7 Å². The molecule has 0 radical (unpaired) electrons. The third-order valence-corrected chi connectivity index (χ3v) is 3.15. The first-order valence-corrected chi connectivity index (χ1v) is 7.27. The van der Waals surface area contributed by atoms with E-state index in [0.717, 1.165) is 13.8 Å². The average molecular weight is 346 g/mol. The third kappa shape index (κ3) is 5.78. The Morgan fingerprint density at radius 2 is 1.50 bits per heavy atom. The van der Waals surface area contributed by atoms with Crippen molar-refractivity contribution in [3.63, 3.8) is 0 Å². The molecule has 0 saturated carbocycles. The van der Waals surface area contributed by atoms with Gasteiger partial charge in [-0.05, 0) is 0 Å². The molecular formula is C14H22N2O8. The Morgan fingerprint density at radius 3 is 1.96 bits per heavy atom. The Hall–Kier alpha value is -2.20. The lowest BCUT2D eigenvalue weighted by Crippen LogP contribution is -2.68. The average Bonchev–Trinajstić information content (AvgIpc) is 2.42. The zero-order valence-corrected chi connectivity index (χ0v) is 13.9. The van der Waals surface area contributed by atoms with Crippen molar-refractivity contribution in [2.45, 2.75) is 58.3 Å². The van der Waals surface area contributed by atoms with Gasteiger partial charge in [-0.1, -0.05) is 0 Å². The van der Waals surface area contributed by atoms with Gasteiger partial charge in [-0.3, -0.25) is 19.2 Å². The summed E-state index contributed by atoms with van der Waals surface area (Å²) in [5, 5.41) is 2.51. The molecule has 0 spiro atoms. The molecule has 0 aromatic carbocycles. The van der Waals surface area contributed by atoms with Gasteiger partial charge in [0, 0.05) is 27.7 Å². The van der Waals surface area contributed by atoms with Gasteiger partial charge in [0.2, 0.25) is 5.91 Å². The Morgan fingerprint density at radius 1 is 0.958 bits per heavy atom. The van der Waals surface area contributed by atoms with E-state index in [1.807, 2.05) is 0 Å². The number of hydrogen-bond donors (Lipinski definition) is 2. The van der Waals surface area contributed by atoms with Gasteiger partial charge in [-0.15, -0.1) is 0 Å². The number of ether oxygens (including phenoxy) is 4. The lowest BCUT2D eigenvalue weighted by molar-refractivity contribution is -0.222. The van der Waals surface area contributed by atoms with Crippen LogP contribution in [0, 0.1) is 0 Å². The lowest BCUT2D eigenvalue weighted by atomic mass is 9.95. The second kappa shape index (κ2) is 8.60. The molecule has 0 bridgehead atoms. The number of nitrogens with one attached hydrogen (secondary N) is 1. The number of rotatable bonds is 5. The summed E-state index contributed by atoms with van der Waals surface area (Å²) in [6.45, 7) is 4.52. The summed E-state index contributed by atoms with van der Waals surface area (Å²) in [5.74, 6) is -2.32. The van der Waals surface area contributed by atoms with E-state index in [1.165, 1.54) is 13.8 Å². The molecular weight excluding hydrogens is 324 g/mol. The highest BCUT2D eigenvalue weighted by atomic mass is 16.6. The fourth-order valence-corrected chi connectivity index (χ4v) is 2.37. The Balaban J connectivity index is 3.11. The molecule has 0 aromatic heterocycles. The largest absolute Gasteiger partial charge is 0.463 e. The maximum absolute atomic E-state index is 11.4. The smallest absolute Gasteiger partial charge is 0.303 e. The molecule has 0 unspecified atom stereocenters. The number of nitrogens with two attached hydrogens (primary N) is 1. The molecule has 0 aromatic rings. The summed E-state index contributed by atoms with van der Waals surface area (Å²) in [4.78, 5) is 45.2. The lowest BCUT2D eigenvalue weighted by Gasteiger charge is -2.44. The highest BCUT2D eigenvalue weighted by molar-refractivity contribution is 5.73. The van der Waals surface area contributed by atoms with Gasteiger partial charge in [0.1, 0.15) is 25.0 Å². The second-order valence-electron chi connectivity index (χ2n) is 5.32. The minimum Gasteiger partial charge on any atom is -0.463 e. The molecule has 1 amide bonds. The van der Waals surface area contributed by atoms with Gasteiger partial charge >= 0.3 is 17.9 Å². The molecule has 3 N–H and O–H groups in total. The Kier molecular flexibility index (Phi) is 7.11. The van der Waals surface area contributed by atoms with Crippen molar-refractivity contribution < 1.29 is 38.1 Å². The van der Waals surface area contributed by atoms with Gasteiger partial charge in [-0.2, -0.15) is 0 Å². The number of hydrogen-bond acceptors (Lipinski definition) is 9. The van der Waals surface area contributed by atoms with Crippen LogP contribution in [-0.2, 0) is 38.1 Å². The molecule has 1 aliphatic heterocycles. The molecule has 1 saturated heterocycles. The summed E-state index contributed by atoms with van der Waals surface area (Å²) in [6, 6.07) is -0.940. The molecule has 136 valence electrons. The van der Waals surface area contributed by atoms with Crippen LogP contribution in [0.4, 0.5) is 0 Å². The quantitative estimate of drug-likeness (QED) is 0.454. The first kappa shape index (κ1) is 19.8. The van der Waals surface area contributed by atoms with Gasteiger partial charge in [0.15, 0.2) is 12.2 Å². The van der Waals surface area contributed by atoms with E-state index in [1.54, 1.807) is 0 Å². The summed E-state index contributed by atoms with van der Waals surface area (Å²) in [6.07, 6.45) is -4.23. The predicted molar refractivity (Wildman–Crippen MR) is 78.2 cm³/mol. The molecule has 10 nitrogen and oxygen atoms in total. The molecule has 1 aliphatic rings. The Labute approximate surface area is 138 Å². The van der Waals surface area contributed by atoms with Crippen LogP contribution < -0.4 is 11.1 Å². The Bertz CT molecular complexity index is 509. The SMILES string of the molecule is CC(=O)N[C@H]1[C@@H](OC(C)=O)[C@H](OC(C)=O)[C@@H](COC(C)=O)O[C@H]1N. The summed E-state index contributed by atoms with van der Waals surface area (Å²) in [5.41, 5.74) is 5.87. The highest BCUT2D eigenvalue weighted by Gasteiger charge is 2.49. The van der Waals surface area contributed by atoms with E-state index in [2.05, 4.69) is 5.32 Å². The van der Waals surface area contributed by atoms with Gasteiger partial charge in [0.25, 0.3) is 0 Å². The minimum absolute atomic E-state index is 0.258. The van der Waals surface area contributed by atoms with Crippen molar-refractivity contribution in [3.8, 4) is 0 Å². The van der Waals surface area contributed by atoms with Crippen molar-refractivity contribution >= 4 is 23.8 Å². The highest BCUT2D eigenvalue weighted by Crippen LogP contribution is 2.25. The van der Waals surface area contributed by atoms with Crippen LogP contribution in [-0.4, -0.2) is 61.0 Å². The van der Waals surface area contributed by atoms with E-state index in [-0.39, 0.29) is 6.61 Å². The summed E-state index contributed by atoms with van der Waals surface area (Å²) in [7, 11) is 0. The number of carbonyl (C=O) groups excluding carboxylic acids is 4. The van der Waals surface area contributed by atoms with Crippen molar-refractivity contribution in [1.82, 2.24) is 5.32 Å². The van der Waals surface area contributed by atoms with Crippen molar-refractivity contribution in [1.29, 1.82) is 0 Å². The van der Waals surface area contributed by atoms with Crippen molar-refractivity contribution in [2.75, 3.05) is 6.61 Å². The fraction of sp³-hybridized carbons (Fsp3) is 0.714. The maximum Gasteiger partial charge on any atom is 0.303 e. The molecule has 1 heterocycles. The van der Waals surface area contributed by atoms with Crippen LogP contribution in [0.15, 0.2) is 0 Å². The maximum atomic E-state index is 11.4. The fourth-order valence-electron chi connectivity index (χ4n) is 2.37. The number of carbonyl (C=O) groups is 4. The standard InChI is InChI=1S/C14H22N2O8/c1-6(17)16-11-13(23-9(4)20)12(22-8(3)19)10(24-14(11)15)5-21-7(2)18/h10-14H,5,15H2,1-4H3,(H,16,17)/t10-,11+,12-,13-,14-/m1/s1. The zero-order valence-electron chi connectivity index (χ0n) is 13.9. The molecule has 0 aliphatic carbocycles. The van der Waals surface area contributed by atoms with E-state index in [9.17, 15) is 19.2 Å². The van der Waals surface area contributed by atoms with Crippen LogP contribution >= 0.6 is 0 Å². The number of esters is 3. The second-order valence-corrected chi connectivity index (χ2v) is 5.32. The molecule has 5 atom stereocenters. The van der Waals surface area contributed by atoms with E-state index < -0.39 is 54.4 Å². The topological polar surface area (TPSA) is 143 Å². The van der Waals surface area contributed by atoms with Gasteiger partial charge in [0.05, 0.1) is 0 Å². The molecule has 10 heteroatoms. The molecule has 24 heavy (non-hydrogen) atoms. The summed E-state index contributed by atoms with van der Waals surface area (Å²) >= 11 is 0. The van der Waals surface area contributed by atoms with Gasteiger partial charge < -0.3 is 30.0 Å². The number of amides is 1. The zero-order chi connectivity index (χ0) is 18.4. The monoisotopic (exact) mass is 346 g/mol. The van der Waals surface area contributed by atoms with Gasteiger partial charge in [-0.25, -0.2) is 0 Å². The normalized spacial score (nSPS) is 29.3. The van der Waals surface area contributed by atoms with Crippen LogP contribution in [0.5, 0.6) is 0 Å². The first-order valence-electron chi connectivity index (χ1n) is 7.27. The van der Waals surface area contributed by atoms with Crippen LogP contribution in [0.2, 0.25) is 0 Å². The van der Waals surface area contributed by atoms with E-state index in [0.29, 0.717) is 0 Å². The van der Waals surface area contributed by atoms with Crippen LogP contribution in [0.3, 0.4) is 0 Å².